The highest BCUT2D eigenvalue weighted by molar-refractivity contribution is 6.07. The minimum atomic E-state index is -0.862. The predicted molar refractivity (Wildman–Crippen MR) is 113 cm³/mol. The first-order chi connectivity index (χ1) is 14.6. The number of hydrogen-bond acceptors (Lipinski definition) is 5. The zero-order valence-electron chi connectivity index (χ0n) is 16.1. The molecule has 0 unspecified atom stereocenters. The van der Waals surface area contributed by atoms with E-state index in [1.807, 2.05) is 54.6 Å². The van der Waals surface area contributed by atoms with Gasteiger partial charge in [0, 0.05) is 35.9 Å². The molecular weight excluding hydrogens is 378 g/mol. The second-order valence-electron chi connectivity index (χ2n) is 7.72. The topological polar surface area (TPSA) is 98.1 Å². The van der Waals surface area contributed by atoms with Gasteiger partial charge in [0.2, 0.25) is 11.8 Å². The molecule has 2 aliphatic heterocycles. The van der Waals surface area contributed by atoms with E-state index in [0.717, 1.165) is 27.8 Å². The van der Waals surface area contributed by atoms with Gasteiger partial charge >= 0.3 is 0 Å². The number of hydrogen-bond donors (Lipinski definition) is 2. The summed E-state index contributed by atoms with van der Waals surface area (Å²) in [4.78, 5) is 31.6. The van der Waals surface area contributed by atoms with Gasteiger partial charge in [0.05, 0.1) is 23.5 Å². The second kappa shape index (κ2) is 6.85. The minimum Gasteiger partial charge on any atom is -0.376 e. The van der Waals surface area contributed by atoms with E-state index in [1.165, 1.54) is 4.90 Å². The van der Waals surface area contributed by atoms with Crippen molar-refractivity contribution in [2.45, 2.75) is 17.9 Å². The number of fused-ring (bicyclic) bond motifs is 3. The maximum atomic E-state index is 13.0. The van der Waals surface area contributed by atoms with Gasteiger partial charge in [-0.05, 0) is 29.8 Å². The van der Waals surface area contributed by atoms with E-state index in [1.54, 1.807) is 6.20 Å². The molecule has 1 aromatic heterocycles. The minimum absolute atomic E-state index is 0.0376. The smallest absolute Gasteiger partial charge is 0.242 e. The molecule has 3 heterocycles. The summed E-state index contributed by atoms with van der Waals surface area (Å²) in [5.74, 6) is -0.357. The summed E-state index contributed by atoms with van der Waals surface area (Å²) in [5.41, 5.74) is 2.37. The summed E-state index contributed by atoms with van der Waals surface area (Å²) in [6, 6.07) is 18.6. The number of rotatable bonds is 3. The van der Waals surface area contributed by atoms with Crippen LogP contribution in [-0.2, 0) is 15.0 Å². The number of nitrogens with zero attached hydrogens (tertiary/aromatic N) is 3. The molecule has 1 fully saturated rings. The van der Waals surface area contributed by atoms with Crippen LogP contribution in [0.5, 0.6) is 0 Å². The van der Waals surface area contributed by atoms with E-state index in [0.29, 0.717) is 6.42 Å². The van der Waals surface area contributed by atoms with Crippen molar-refractivity contribution in [2.75, 3.05) is 23.7 Å². The summed E-state index contributed by atoms with van der Waals surface area (Å²) >= 11 is 0. The molecule has 0 aliphatic carbocycles. The molecule has 0 bridgehead atoms. The monoisotopic (exact) mass is 397 g/mol. The number of benzene rings is 2. The van der Waals surface area contributed by atoms with Crippen LogP contribution in [0.1, 0.15) is 12.0 Å². The molecule has 2 amide bonds. The zero-order chi connectivity index (χ0) is 20.7. The summed E-state index contributed by atoms with van der Waals surface area (Å²) in [5, 5.41) is 16.7. The first kappa shape index (κ1) is 18.1. The van der Waals surface area contributed by atoms with Crippen molar-refractivity contribution < 1.29 is 9.59 Å². The van der Waals surface area contributed by atoms with Crippen LogP contribution < -0.4 is 10.6 Å². The summed E-state index contributed by atoms with van der Waals surface area (Å²) in [6.45, 7) is 0.240. The number of carbonyl (C=O) groups is 2. The quantitative estimate of drug-likeness (QED) is 0.708. The Bertz CT molecular complexity index is 1220. The number of amides is 2. The first-order valence-corrected chi connectivity index (χ1v) is 9.79. The van der Waals surface area contributed by atoms with Crippen molar-refractivity contribution >= 4 is 34.1 Å². The van der Waals surface area contributed by atoms with Gasteiger partial charge in [0.15, 0.2) is 0 Å². The molecule has 7 nitrogen and oxygen atoms in total. The average molecular weight is 397 g/mol. The number of para-hydroxylation sites is 1. The van der Waals surface area contributed by atoms with Crippen molar-refractivity contribution in [1.82, 2.24) is 9.88 Å². The van der Waals surface area contributed by atoms with Crippen molar-refractivity contribution in [3.8, 4) is 6.07 Å². The number of aromatic nitrogens is 1. The summed E-state index contributed by atoms with van der Waals surface area (Å²) in [7, 11) is 0. The van der Waals surface area contributed by atoms with Gasteiger partial charge in [-0.15, -0.1) is 0 Å². The second-order valence-corrected chi connectivity index (χ2v) is 7.72. The Kier molecular flexibility index (Phi) is 4.14. The normalized spacial score (nSPS) is 22.0. The predicted octanol–water partition coefficient (Wildman–Crippen LogP) is 2.66. The molecule has 3 aromatic rings. The average Bonchev–Trinajstić information content (AvgIpc) is 3.30. The van der Waals surface area contributed by atoms with E-state index < -0.39 is 11.5 Å². The fourth-order valence-electron chi connectivity index (χ4n) is 4.47. The number of carbonyl (C=O) groups excluding carboxylic acids is 2. The Labute approximate surface area is 173 Å². The lowest BCUT2D eigenvalue weighted by Crippen LogP contribution is -2.42. The van der Waals surface area contributed by atoms with Gasteiger partial charge in [-0.1, -0.05) is 30.3 Å². The lowest BCUT2D eigenvalue weighted by Gasteiger charge is -2.23. The molecule has 148 valence electrons. The zero-order valence-corrected chi connectivity index (χ0v) is 16.1. The number of pyridine rings is 1. The van der Waals surface area contributed by atoms with Crippen LogP contribution in [0, 0.1) is 11.3 Å². The molecule has 2 atom stereocenters. The van der Waals surface area contributed by atoms with Gasteiger partial charge < -0.3 is 15.5 Å². The van der Waals surface area contributed by atoms with Crippen molar-refractivity contribution in [3.63, 3.8) is 0 Å². The molecule has 30 heavy (non-hydrogen) atoms. The van der Waals surface area contributed by atoms with Crippen LogP contribution in [0.15, 0.2) is 60.8 Å². The third-order valence-electron chi connectivity index (χ3n) is 6.00. The Morgan fingerprint density at radius 3 is 3.00 bits per heavy atom. The summed E-state index contributed by atoms with van der Waals surface area (Å²) < 4.78 is 0. The Morgan fingerprint density at radius 2 is 2.13 bits per heavy atom. The van der Waals surface area contributed by atoms with Crippen LogP contribution in [0.4, 0.5) is 11.4 Å². The molecule has 2 aliphatic rings. The molecule has 2 aromatic carbocycles. The van der Waals surface area contributed by atoms with Gasteiger partial charge in [-0.3, -0.25) is 14.6 Å². The molecule has 0 radical (unpaired) electrons. The first-order valence-electron chi connectivity index (χ1n) is 9.79. The largest absolute Gasteiger partial charge is 0.376 e. The highest BCUT2D eigenvalue weighted by Gasteiger charge is 2.55. The number of likely N-dealkylation sites (tertiary alicyclic amines) is 1. The molecule has 1 saturated heterocycles. The van der Waals surface area contributed by atoms with Crippen LogP contribution in [0.2, 0.25) is 0 Å². The lowest BCUT2D eigenvalue weighted by atomic mass is 9.80. The molecule has 2 N–H and O–H groups in total. The van der Waals surface area contributed by atoms with E-state index in [9.17, 15) is 14.9 Å². The maximum absolute atomic E-state index is 13.0. The summed E-state index contributed by atoms with van der Waals surface area (Å²) in [6.07, 6.45) is 2.03. The highest BCUT2D eigenvalue weighted by atomic mass is 16.2. The third-order valence-corrected chi connectivity index (χ3v) is 6.00. The number of nitrogens with one attached hydrogen (secondary N) is 2. The van der Waals surface area contributed by atoms with Gasteiger partial charge in [0.1, 0.15) is 6.04 Å². The Hall–Kier alpha value is -3.92. The Morgan fingerprint density at radius 1 is 1.27 bits per heavy atom. The van der Waals surface area contributed by atoms with E-state index in [-0.39, 0.29) is 24.9 Å². The number of nitriles is 1. The molecule has 1 spiro atoms. The fraction of sp³-hybridized carbons (Fsp3) is 0.217. The van der Waals surface area contributed by atoms with E-state index in [4.69, 9.17) is 0 Å². The van der Waals surface area contributed by atoms with Crippen molar-refractivity contribution in [1.29, 1.82) is 5.26 Å². The van der Waals surface area contributed by atoms with Crippen LogP contribution in [0.3, 0.4) is 0 Å². The third kappa shape index (κ3) is 2.77. The Balaban J connectivity index is 1.35. The van der Waals surface area contributed by atoms with Crippen LogP contribution in [0.25, 0.3) is 10.9 Å². The molecule has 0 saturated carbocycles. The molecule has 7 heteroatoms. The SMILES string of the molecule is N#C[C@@H]1C[C@@]2(CN1C(=O)CNc1ccc3cccnc3c1)C(=O)Nc1ccccc12. The maximum Gasteiger partial charge on any atom is 0.242 e. The van der Waals surface area contributed by atoms with E-state index in [2.05, 4.69) is 21.7 Å². The van der Waals surface area contributed by atoms with Gasteiger partial charge in [0.25, 0.3) is 0 Å². The molecular formula is C23H19N5O2. The van der Waals surface area contributed by atoms with Crippen LogP contribution in [-0.4, -0.2) is 40.8 Å². The lowest BCUT2D eigenvalue weighted by molar-refractivity contribution is -0.129. The van der Waals surface area contributed by atoms with E-state index >= 15 is 0 Å². The fourth-order valence-corrected chi connectivity index (χ4v) is 4.47. The molecule has 5 rings (SSSR count). The van der Waals surface area contributed by atoms with Crippen molar-refractivity contribution in [2.24, 2.45) is 0 Å². The highest BCUT2D eigenvalue weighted by Crippen LogP contribution is 2.46. The number of anilines is 2. The van der Waals surface area contributed by atoms with Crippen molar-refractivity contribution in [3.05, 3.63) is 66.4 Å². The van der Waals surface area contributed by atoms with Crippen LogP contribution >= 0.6 is 0 Å². The standard InChI is InChI=1S/C23H19N5O2/c24-12-17-11-23(18-5-1-2-6-19(18)27-22(23)30)14-28(17)21(29)13-26-16-8-7-15-4-3-9-25-20(15)10-16/h1-10,17,26H,11,13-14H2,(H,27,30)/t17-,23-/m0/s1. The van der Waals surface area contributed by atoms with Gasteiger partial charge in [-0.2, -0.15) is 5.26 Å². The van der Waals surface area contributed by atoms with Gasteiger partial charge in [-0.25, -0.2) is 0 Å².